The number of amides is 1. The van der Waals surface area contributed by atoms with Crippen molar-refractivity contribution in [3.05, 3.63) is 0 Å². The number of hydrogen-bond donors (Lipinski definition) is 1. The van der Waals surface area contributed by atoms with Crippen LogP contribution in [0.4, 0.5) is 17.6 Å². The average molecular weight is 230 g/mol. The van der Waals surface area contributed by atoms with E-state index in [0.29, 0.717) is 4.90 Å². The van der Waals surface area contributed by atoms with E-state index in [1.165, 1.54) is 0 Å². The molecule has 90 valence electrons. The number of rotatable bonds is 5. The predicted molar refractivity (Wildman–Crippen MR) is 46.8 cm³/mol. The second kappa shape index (κ2) is 5.29. The molecule has 0 fully saturated rings. The van der Waals surface area contributed by atoms with Crippen molar-refractivity contribution in [2.75, 3.05) is 20.1 Å². The lowest BCUT2D eigenvalue weighted by molar-refractivity contribution is -0.179. The van der Waals surface area contributed by atoms with Crippen LogP contribution in [0.25, 0.3) is 0 Å². The average Bonchev–Trinajstić information content (AvgIpc) is 2.15. The third kappa shape index (κ3) is 3.65. The molecule has 0 aliphatic rings. The van der Waals surface area contributed by atoms with E-state index in [1.807, 2.05) is 0 Å². The van der Waals surface area contributed by atoms with Crippen LogP contribution in [0.3, 0.4) is 0 Å². The summed E-state index contributed by atoms with van der Waals surface area (Å²) < 4.78 is 48.8. The summed E-state index contributed by atoms with van der Waals surface area (Å²) in [6.07, 6.45) is -3.99. The van der Waals surface area contributed by atoms with Gasteiger partial charge in [-0.2, -0.15) is 8.78 Å². The highest BCUT2D eigenvalue weighted by molar-refractivity contribution is 5.83. The van der Waals surface area contributed by atoms with E-state index in [9.17, 15) is 22.4 Å². The smallest absolute Gasteiger partial charge is 0.340 e. The van der Waals surface area contributed by atoms with E-state index in [0.717, 1.165) is 7.05 Å². The van der Waals surface area contributed by atoms with Gasteiger partial charge < -0.3 is 10.6 Å². The van der Waals surface area contributed by atoms with Gasteiger partial charge in [0.2, 0.25) is 0 Å². The van der Waals surface area contributed by atoms with Crippen LogP contribution in [-0.2, 0) is 4.79 Å². The Kier molecular flexibility index (Phi) is 4.99. The largest absolute Gasteiger partial charge is 0.383 e. The molecule has 15 heavy (non-hydrogen) atoms. The zero-order valence-electron chi connectivity index (χ0n) is 8.51. The van der Waals surface area contributed by atoms with E-state index in [1.54, 1.807) is 6.92 Å². The van der Waals surface area contributed by atoms with Gasteiger partial charge in [-0.1, -0.05) is 6.92 Å². The van der Waals surface area contributed by atoms with E-state index < -0.39 is 18.3 Å². The van der Waals surface area contributed by atoms with Crippen molar-refractivity contribution < 1.29 is 22.4 Å². The Bertz CT molecular complexity index is 223. The molecule has 0 saturated heterocycles. The Morgan fingerprint density at radius 2 is 1.93 bits per heavy atom. The highest BCUT2D eigenvalue weighted by Gasteiger charge is 2.50. The second-order valence-corrected chi connectivity index (χ2v) is 3.45. The normalized spacial score (nSPS) is 14.1. The Hall–Kier alpha value is -0.850. The van der Waals surface area contributed by atoms with Gasteiger partial charge >= 0.3 is 12.3 Å². The number of nitrogens with zero attached hydrogens (tertiary/aromatic N) is 1. The van der Waals surface area contributed by atoms with Crippen molar-refractivity contribution in [3.63, 3.8) is 0 Å². The minimum Gasteiger partial charge on any atom is -0.340 e. The number of alkyl halides is 4. The summed E-state index contributed by atoms with van der Waals surface area (Å²) in [5.41, 5.74) is 5.22. The van der Waals surface area contributed by atoms with Crippen LogP contribution in [0, 0.1) is 5.92 Å². The maximum absolute atomic E-state index is 12.6. The highest BCUT2D eigenvalue weighted by Crippen LogP contribution is 2.25. The van der Waals surface area contributed by atoms with Crippen molar-refractivity contribution in [2.24, 2.45) is 11.7 Å². The molecular formula is C8H14F4N2O. The first-order valence-corrected chi connectivity index (χ1v) is 4.35. The fraction of sp³-hybridized carbons (Fsp3) is 0.875. The van der Waals surface area contributed by atoms with Crippen molar-refractivity contribution in [3.8, 4) is 0 Å². The van der Waals surface area contributed by atoms with Crippen LogP contribution < -0.4 is 5.73 Å². The number of hydrogen-bond acceptors (Lipinski definition) is 2. The summed E-state index contributed by atoms with van der Waals surface area (Å²) >= 11 is 0. The van der Waals surface area contributed by atoms with Crippen molar-refractivity contribution in [2.45, 2.75) is 19.3 Å². The van der Waals surface area contributed by atoms with Crippen molar-refractivity contribution >= 4 is 5.91 Å². The monoisotopic (exact) mass is 230 g/mol. The van der Waals surface area contributed by atoms with Crippen LogP contribution in [0.5, 0.6) is 0 Å². The number of halogens is 4. The summed E-state index contributed by atoms with van der Waals surface area (Å²) in [4.78, 5) is 11.5. The maximum Gasteiger partial charge on any atom is 0.383 e. The zero-order chi connectivity index (χ0) is 12.2. The van der Waals surface area contributed by atoms with Gasteiger partial charge in [-0.15, -0.1) is 0 Å². The van der Waals surface area contributed by atoms with Crippen LogP contribution in [0.15, 0.2) is 0 Å². The molecule has 7 heteroatoms. The quantitative estimate of drug-likeness (QED) is 0.714. The standard InChI is InChI=1S/C8H14F4N2O/c1-5(3-13)4-14(2)7(15)8(11,12)6(9)10/h5-6H,3-4,13H2,1-2H3. The third-order valence-electron chi connectivity index (χ3n) is 1.89. The fourth-order valence-electron chi connectivity index (χ4n) is 0.973. The van der Waals surface area contributed by atoms with Crippen molar-refractivity contribution in [1.29, 1.82) is 0 Å². The summed E-state index contributed by atoms with van der Waals surface area (Å²) in [7, 11) is 1.05. The molecule has 0 aromatic carbocycles. The molecule has 0 aliphatic carbocycles. The molecule has 0 radical (unpaired) electrons. The highest BCUT2D eigenvalue weighted by atomic mass is 19.3. The first-order valence-electron chi connectivity index (χ1n) is 4.35. The summed E-state index contributed by atoms with van der Waals surface area (Å²) in [6.45, 7) is 1.75. The van der Waals surface area contributed by atoms with Gasteiger partial charge in [-0.05, 0) is 12.5 Å². The topological polar surface area (TPSA) is 46.3 Å². The lowest BCUT2D eigenvalue weighted by Crippen LogP contribution is -2.47. The van der Waals surface area contributed by atoms with Gasteiger partial charge in [0.15, 0.2) is 0 Å². The lowest BCUT2D eigenvalue weighted by atomic mass is 10.1. The molecule has 0 heterocycles. The minimum atomic E-state index is -4.62. The lowest BCUT2D eigenvalue weighted by Gasteiger charge is -2.24. The SMILES string of the molecule is CC(CN)CN(C)C(=O)C(F)(F)C(F)F. The number of nitrogens with two attached hydrogens (primary N) is 1. The van der Waals surface area contributed by atoms with Crippen LogP contribution in [0.2, 0.25) is 0 Å². The fourth-order valence-corrected chi connectivity index (χ4v) is 0.973. The molecule has 1 amide bonds. The Morgan fingerprint density at radius 1 is 1.47 bits per heavy atom. The molecular weight excluding hydrogens is 216 g/mol. The molecule has 0 spiro atoms. The Labute approximate surface area is 85.2 Å². The van der Waals surface area contributed by atoms with E-state index in [2.05, 4.69) is 0 Å². The number of carbonyl (C=O) groups is 1. The van der Waals surface area contributed by atoms with E-state index >= 15 is 0 Å². The van der Waals surface area contributed by atoms with E-state index in [4.69, 9.17) is 5.73 Å². The summed E-state index contributed by atoms with van der Waals surface area (Å²) in [6, 6.07) is 0. The molecule has 0 bridgehead atoms. The van der Waals surface area contributed by atoms with Gasteiger partial charge in [0.1, 0.15) is 0 Å². The molecule has 1 atom stereocenters. The molecule has 0 saturated carbocycles. The van der Waals surface area contributed by atoms with Gasteiger partial charge in [-0.25, -0.2) is 8.78 Å². The van der Waals surface area contributed by atoms with Crippen LogP contribution >= 0.6 is 0 Å². The maximum atomic E-state index is 12.6. The summed E-state index contributed by atoms with van der Waals surface area (Å²) in [5, 5.41) is 0. The molecule has 0 aromatic rings. The van der Waals surface area contributed by atoms with Gasteiger partial charge in [0, 0.05) is 13.6 Å². The Morgan fingerprint density at radius 3 is 2.27 bits per heavy atom. The van der Waals surface area contributed by atoms with Gasteiger partial charge in [0.25, 0.3) is 5.91 Å². The first-order chi connectivity index (χ1) is 6.73. The minimum absolute atomic E-state index is 0.0718. The molecule has 2 N–H and O–H groups in total. The molecule has 1 unspecified atom stereocenters. The van der Waals surface area contributed by atoms with Crippen molar-refractivity contribution in [1.82, 2.24) is 4.90 Å². The summed E-state index contributed by atoms with van der Waals surface area (Å²) in [5.74, 6) is -6.71. The van der Waals surface area contributed by atoms with Gasteiger partial charge in [0.05, 0.1) is 0 Å². The third-order valence-corrected chi connectivity index (χ3v) is 1.89. The second-order valence-electron chi connectivity index (χ2n) is 3.45. The van der Waals surface area contributed by atoms with Crippen LogP contribution in [-0.4, -0.2) is 43.3 Å². The van der Waals surface area contributed by atoms with Crippen LogP contribution in [0.1, 0.15) is 6.92 Å². The Balaban J connectivity index is 4.44. The molecule has 3 nitrogen and oxygen atoms in total. The predicted octanol–water partition coefficient (Wildman–Crippen LogP) is 0.940. The zero-order valence-corrected chi connectivity index (χ0v) is 8.51. The van der Waals surface area contributed by atoms with E-state index in [-0.39, 0.29) is 19.0 Å². The number of carbonyl (C=O) groups excluding carboxylic acids is 1. The van der Waals surface area contributed by atoms with Gasteiger partial charge in [-0.3, -0.25) is 4.79 Å². The molecule has 0 aromatic heterocycles. The molecule has 0 rings (SSSR count). The first kappa shape index (κ1) is 14.2. The molecule has 0 aliphatic heterocycles.